The molecule has 3 aromatic rings. The lowest BCUT2D eigenvalue weighted by Crippen LogP contribution is -2.42. The zero-order valence-corrected chi connectivity index (χ0v) is 18.5. The third kappa shape index (κ3) is 4.86. The van der Waals surface area contributed by atoms with E-state index in [2.05, 4.69) is 4.72 Å². The Morgan fingerprint density at radius 1 is 1.09 bits per heavy atom. The van der Waals surface area contributed by atoms with Crippen molar-refractivity contribution in [2.75, 3.05) is 22.8 Å². The second-order valence-electron chi connectivity index (χ2n) is 6.93. The van der Waals surface area contributed by atoms with Gasteiger partial charge >= 0.3 is 5.97 Å². The Morgan fingerprint density at radius 3 is 2.52 bits per heavy atom. The number of para-hydroxylation sites is 3. The number of fused-ring (bicyclic) bond motifs is 1. The van der Waals surface area contributed by atoms with Crippen molar-refractivity contribution in [1.29, 1.82) is 0 Å². The normalized spacial score (nSPS) is 13.1. The molecule has 1 heterocycles. The molecule has 0 atom stereocenters. The molecule has 11 heteroatoms. The molecule has 4 rings (SSSR count). The lowest BCUT2D eigenvalue weighted by atomic mass is 10.2. The van der Waals surface area contributed by atoms with Crippen LogP contribution < -0.4 is 19.1 Å². The van der Waals surface area contributed by atoms with Crippen molar-refractivity contribution < 1.29 is 32.6 Å². The lowest BCUT2D eigenvalue weighted by Gasteiger charge is -2.28. The Hall–Kier alpha value is -3.76. The Bertz CT molecular complexity index is 1340. The van der Waals surface area contributed by atoms with Gasteiger partial charge in [-0.15, -0.1) is 0 Å². The molecule has 9 nitrogen and oxygen atoms in total. The third-order valence-corrected chi connectivity index (χ3v) is 6.34. The Kier molecular flexibility index (Phi) is 6.12. The Labute approximate surface area is 194 Å². The highest BCUT2D eigenvalue weighted by Crippen LogP contribution is 2.37. The van der Waals surface area contributed by atoms with Gasteiger partial charge in [-0.2, -0.15) is 0 Å². The fourth-order valence-electron chi connectivity index (χ4n) is 3.15. The minimum absolute atomic E-state index is 0.0529. The van der Waals surface area contributed by atoms with Crippen LogP contribution in [0.1, 0.15) is 0 Å². The van der Waals surface area contributed by atoms with Crippen LogP contribution in [0.5, 0.6) is 17.2 Å². The number of ether oxygens (including phenoxy) is 2. The zero-order chi connectivity index (χ0) is 23.6. The number of hydrogen-bond donors (Lipinski definition) is 2. The van der Waals surface area contributed by atoms with E-state index in [0.717, 1.165) is 4.90 Å². The van der Waals surface area contributed by atoms with Crippen LogP contribution in [0.15, 0.2) is 71.6 Å². The number of anilines is 2. The predicted octanol–water partition coefficient (Wildman–Crippen LogP) is 3.74. The van der Waals surface area contributed by atoms with E-state index in [9.17, 15) is 18.0 Å². The molecule has 33 heavy (non-hydrogen) atoms. The van der Waals surface area contributed by atoms with Crippen LogP contribution >= 0.6 is 11.6 Å². The molecule has 170 valence electrons. The van der Waals surface area contributed by atoms with Crippen LogP contribution in [0.4, 0.5) is 11.4 Å². The largest absolute Gasteiger partial charge is 0.482 e. The second kappa shape index (κ2) is 9.00. The van der Waals surface area contributed by atoms with E-state index in [1.54, 1.807) is 42.5 Å². The number of nitrogens with zero attached hydrogens (tertiary/aromatic N) is 1. The molecule has 0 aliphatic carbocycles. The molecule has 1 aliphatic heterocycles. The van der Waals surface area contributed by atoms with Gasteiger partial charge in [0.2, 0.25) is 0 Å². The summed E-state index contributed by atoms with van der Waals surface area (Å²) in [7, 11) is -4.15. The molecule has 0 fully saturated rings. The minimum Gasteiger partial charge on any atom is -0.482 e. The number of carboxylic acids is 1. The first kappa shape index (κ1) is 22.4. The summed E-state index contributed by atoms with van der Waals surface area (Å²) in [6.45, 7) is -0.960. The van der Waals surface area contributed by atoms with E-state index in [4.69, 9.17) is 26.2 Å². The summed E-state index contributed by atoms with van der Waals surface area (Å²) in [5.41, 5.74) is 0.210. The maximum Gasteiger partial charge on any atom is 0.323 e. The molecule has 3 aromatic carbocycles. The summed E-state index contributed by atoms with van der Waals surface area (Å²) < 4.78 is 39.8. The van der Waals surface area contributed by atoms with E-state index in [1.807, 2.05) is 0 Å². The predicted molar refractivity (Wildman–Crippen MR) is 121 cm³/mol. The van der Waals surface area contributed by atoms with Crippen LogP contribution in [0.25, 0.3) is 0 Å². The van der Waals surface area contributed by atoms with Crippen molar-refractivity contribution in [3.63, 3.8) is 0 Å². The number of nitrogens with one attached hydrogen (secondary N) is 1. The molecule has 0 spiro atoms. The second-order valence-corrected chi connectivity index (χ2v) is 9.02. The summed E-state index contributed by atoms with van der Waals surface area (Å²) in [5, 5.41) is 9.47. The molecule has 1 amide bonds. The number of hydrogen-bond acceptors (Lipinski definition) is 6. The molecule has 0 saturated carbocycles. The van der Waals surface area contributed by atoms with E-state index in [-0.39, 0.29) is 34.4 Å². The number of sulfonamides is 1. The van der Waals surface area contributed by atoms with Crippen LogP contribution in [-0.2, 0) is 19.6 Å². The van der Waals surface area contributed by atoms with Gasteiger partial charge in [-0.05, 0) is 42.5 Å². The van der Waals surface area contributed by atoms with E-state index < -0.39 is 28.4 Å². The smallest absolute Gasteiger partial charge is 0.323 e. The molecule has 1 aliphatic rings. The lowest BCUT2D eigenvalue weighted by molar-refractivity contribution is -0.137. The van der Waals surface area contributed by atoms with Gasteiger partial charge in [-0.1, -0.05) is 35.9 Å². The molecular formula is C22H17ClN2O7S. The van der Waals surface area contributed by atoms with Gasteiger partial charge in [-0.3, -0.25) is 19.2 Å². The van der Waals surface area contributed by atoms with Gasteiger partial charge in [0.1, 0.15) is 18.0 Å². The highest BCUT2D eigenvalue weighted by Gasteiger charge is 2.29. The Balaban J connectivity index is 1.66. The van der Waals surface area contributed by atoms with Crippen molar-refractivity contribution in [2.24, 2.45) is 0 Å². The van der Waals surface area contributed by atoms with Gasteiger partial charge in [0.05, 0.1) is 21.3 Å². The van der Waals surface area contributed by atoms with Crippen LogP contribution in [0.2, 0.25) is 5.02 Å². The van der Waals surface area contributed by atoms with E-state index in [0.29, 0.717) is 10.8 Å². The molecule has 2 N–H and O–H groups in total. The van der Waals surface area contributed by atoms with Gasteiger partial charge in [0.25, 0.3) is 15.9 Å². The third-order valence-electron chi connectivity index (χ3n) is 4.67. The molecule has 0 bridgehead atoms. The number of carbonyl (C=O) groups is 2. The van der Waals surface area contributed by atoms with E-state index in [1.165, 1.54) is 24.3 Å². The number of rotatable bonds is 7. The zero-order valence-electron chi connectivity index (χ0n) is 16.9. The van der Waals surface area contributed by atoms with Crippen LogP contribution in [-0.4, -0.2) is 38.6 Å². The van der Waals surface area contributed by atoms with Crippen molar-refractivity contribution >= 4 is 44.9 Å². The molecule has 0 aromatic heterocycles. The summed E-state index contributed by atoms with van der Waals surface area (Å²) in [4.78, 5) is 24.1. The first-order chi connectivity index (χ1) is 15.7. The molecular weight excluding hydrogens is 472 g/mol. The fourth-order valence-corrected chi connectivity index (χ4v) is 4.41. The number of benzene rings is 3. The average molecular weight is 489 g/mol. The first-order valence-corrected chi connectivity index (χ1v) is 11.4. The maximum absolute atomic E-state index is 13.1. The summed E-state index contributed by atoms with van der Waals surface area (Å²) in [5.74, 6) is -1.06. The maximum atomic E-state index is 13.1. The Morgan fingerprint density at radius 2 is 1.79 bits per heavy atom. The number of carbonyl (C=O) groups excluding carboxylic acids is 1. The summed E-state index contributed by atoms with van der Waals surface area (Å²) in [6, 6.07) is 17.0. The van der Waals surface area contributed by atoms with Gasteiger partial charge in [-0.25, -0.2) is 8.42 Å². The number of amides is 1. The SMILES string of the molecule is O=C(O)CN1C(=O)COc2ccc(S(=O)(=O)Nc3ccccc3Oc3ccccc3Cl)cc21. The van der Waals surface area contributed by atoms with Crippen LogP contribution in [0.3, 0.4) is 0 Å². The van der Waals surface area contributed by atoms with Crippen molar-refractivity contribution in [2.45, 2.75) is 4.90 Å². The van der Waals surface area contributed by atoms with Crippen molar-refractivity contribution in [1.82, 2.24) is 0 Å². The topological polar surface area (TPSA) is 122 Å². The summed E-state index contributed by atoms with van der Waals surface area (Å²) in [6.07, 6.45) is 0. The highest BCUT2D eigenvalue weighted by atomic mass is 35.5. The molecule has 0 unspecified atom stereocenters. The quantitative estimate of drug-likeness (QED) is 0.519. The standard InChI is InChI=1S/C22H17ClN2O7S/c23-15-5-1-3-7-18(15)32-19-8-4-2-6-16(19)24-33(29,30)14-9-10-20-17(11-14)25(12-22(27)28)21(26)13-31-20/h1-11,24H,12-13H2,(H,27,28). The minimum atomic E-state index is -4.15. The summed E-state index contributed by atoms with van der Waals surface area (Å²) >= 11 is 6.13. The molecule has 0 saturated heterocycles. The number of aliphatic carboxylic acids is 1. The average Bonchev–Trinajstić information content (AvgIpc) is 2.78. The highest BCUT2D eigenvalue weighted by molar-refractivity contribution is 7.92. The van der Waals surface area contributed by atoms with Gasteiger partial charge in [0, 0.05) is 0 Å². The van der Waals surface area contributed by atoms with Gasteiger partial charge in [0.15, 0.2) is 12.4 Å². The number of halogens is 1. The van der Waals surface area contributed by atoms with Crippen molar-refractivity contribution in [3.8, 4) is 17.2 Å². The van der Waals surface area contributed by atoms with Crippen molar-refractivity contribution in [3.05, 3.63) is 71.8 Å². The van der Waals surface area contributed by atoms with Crippen LogP contribution in [0, 0.1) is 0 Å². The fraction of sp³-hybridized carbons (Fsp3) is 0.0909. The number of carboxylic acid groups (broad SMARTS) is 1. The van der Waals surface area contributed by atoms with E-state index >= 15 is 0 Å². The molecule has 0 radical (unpaired) electrons. The monoisotopic (exact) mass is 488 g/mol. The first-order valence-electron chi connectivity index (χ1n) is 9.58. The van der Waals surface area contributed by atoms with Gasteiger partial charge < -0.3 is 14.6 Å².